The Bertz CT molecular complexity index is 1420. The van der Waals surface area contributed by atoms with Gasteiger partial charge in [0.1, 0.15) is 11.5 Å². The molecule has 1 aliphatic rings. The molecule has 1 aliphatic heterocycles. The number of nitro groups is 1. The third kappa shape index (κ3) is 3.29. The largest absolute Gasteiger partial charge is 0.454 e. The van der Waals surface area contributed by atoms with Crippen molar-refractivity contribution in [3.05, 3.63) is 98.6 Å². The number of aromatic nitrogens is 2. The summed E-state index contributed by atoms with van der Waals surface area (Å²) in [5, 5.41) is 12.0. The minimum atomic E-state index is -0.512. The molecule has 0 radical (unpaired) electrons. The Morgan fingerprint density at radius 1 is 0.968 bits per heavy atom. The molecule has 8 nitrogen and oxygen atoms in total. The molecule has 0 bridgehead atoms. The summed E-state index contributed by atoms with van der Waals surface area (Å²) in [6, 6.07) is 18.5. The highest BCUT2D eigenvalue weighted by molar-refractivity contribution is 5.80. The van der Waals surface area contributed by atoms with Crippen LogP contribution in [0, 0.1) is 10.1 Å². The van der Waals surface area contributed by atoms with Crippen molar-refractivity contribution in [1.82, 2.24) is 9.55 Å². The van der Waals surface area contributed by atoms with Crippen LogP contribution < -0.4 is 15.0 Å². The highest BCUT2D eigenvalue weighted by Gasteiger charge is 2.19. The molecule has 0 saturated heterocycles. The monoisotopic (exact) mass is 413 g/mol. The lowest BCUT2D eigenvalue weighted by atomic mass is 10.1. The van der Waals surface area contributed by atoms with Crippen LogP contribution in [0.3, 0.4) is 0 Å². The van der Waals surface area contributed by atoms with Crippen molar-refractivity contribution >= 4 is 28.7 Å². The van der Waals surface area contributed by atoms with Gasteiger partial charge in [-0.15, -0.1) is 0 Å². The molecule has 8 heteroatoms. The maximum atomic E-state index is 13.3. The summed E-state index contributed by atoms with van der Waals surface area (Å²) >= 11 is 0. The molecule has 0 amide bonds. The summed E-state index contributed by atoms with van der Waals surface area (Å²) in [7, 11) is 0. The van der Waals surface area contributed by atoms with Crippen LogP contribution in [0.1, 0.15) is 11.4 Å². The van der Waals surface area contributed by atoms with E-state index in [1.807, 2.05) is 12.1 Å². The second-order valence-corrected chi connectivity index (χ2v) is 6.82. The Balaban J connectivity index is 1.71. The van der Waals surface area contributed by atoms with Gasteiger partial charge in [-0.1, -0.05) is 36.4 Å². The van der Waals surface area contributed by atoms with E-state index in [2.05, 4.69) is 4.98 Å². The Labute approximate surface area is 175 Å². The van der Waals surface area contributed by atoms with Gasteiger partial charge < -0.3 is 9.47 Å². The lowest BCUT2D eigenvalue weighted by Crippen LogP contribution is -2.23. The van der Waals surface area contributed by atoms with Crippen molar-refractivity contribution in [3.8, 4) is 17.2 Å². The van der Waals surface area contributed by atoms with Gasteiger partial charge in [0, 0.05) is 6.07 Å². The van der Waals surface area contributed by atoms with Crippen LogP contribution in [0.5, 0.6) is 11.5 Å². The van der Waals surface area contributed by atoms with E-state index in [1.54, 1.807) is 54.6 Å². The Hall–Kier alpha value is -4.46. The predicted molar refractivity (Wildman–Crippen MR) is 115 cm³/mol. The van der Waals surface area contributed by atoms with E-state index >= 15 is 0 Å². The Kier molecular flexibility index (Phi) is 4.44. The minimum Gasteiger partial charge on any atom is -0.454 e. The van der Waals surface area contributed by atoms with Crippen molar-refractivity contribution in [2.24, 2.45) is 0 Å². The van der Waals surface area contributed by atoms with Gasteiger partial charge in [-0.2, -0.15) is 0 Å². The number of benzene rings is 3. The number of nitro benzene ring substituents is 1. The molecule has 0 saturated carbocycles. The van der Waals surface area contributed by atoms with Gasteiger partial charge >= 0.3 is 0 Å². The molecule has 0 fully saturated rings. The Morgan fingerprint density at radius 2 is 1.74 bits per heavy atom. The van der Waals surface area contributed by atoms with Crippen LogP contribution >= 0.6 is 0 Å². The third-order valence-corrected chi connectivity index (χ3v) is 4.94. The molecule has 0 aliphatic carbocycles. The SMILES string of the molecule is O=c1c2ccccc2nc(C=Cc2ccc3c(c2)OCO3)n1-c1ccccc1[N+](=O)[O-]. The number of rotatable bonds is 4. The van der Waals surface area contributed by atoms with E-state index in [0.29, 0.717) is 22.4 Å². The quantitative estimate of drug-likeness (QED) is 0.368. The standard InChI is InChI=1S/C23H15N3O5/c27-23-16-5-1-2-6-17(16)24-22(25(23)18-7-3-4-8-19(18)26(28)29)12-10-15-9-11-20-21(13-15)31-14-30-20/h1-13H,14H2. The molecule has 3 aromatic carbocycles. The lowest BCUT2D eigenvalue weighted by Gasteiger charge is -2.11. The normalized spacial score (nSPS) is 12.5. The van der Waals surface area contributed by atoms with Crippen LogP contribution in [0.15, 0.2) is 71.5 Å². The van der Waals surface area contributed by atoms with Crippen molar-refractivity contribution in [1.29, 1.82) is 0 Å². The number of hydrogen-bond acceptors (Lipinski definition) is 6. The molecular weight excluding hydrogens is 398 g/mol. The van der Waals surface area contributed by atoms with Gasteiger partial charge in [0.2, 0.25) is 6.79 Å². The molecule has 4 aromatic rings. The highest BCUT2D eigenvalue weighted by atomic mass is 16.7. The average molecular weight is 413 g/mol. The van der Waals surface area contributed by atoms with E-state index in [0.717, 1.165) is 5.56 Å². The highest BCUT2D eigenvalue weighted by Crippen LogP contribution is 2.33. The lowest BCUT2D eigenvalue weighted by molar-refractivity contribution is -0.384. The zero-order valence-electron chi connectivity index (χ0n) is 16.1. The maximum absolute atomic E-state index is 13.3. The molecule has 5 rings (SSSR count). The van der Waals surface area contributed by atoms with Gasteiger partial charge in [0.25, 0.3) is 11.2 Å². The number of ether oxygens (including phenoxy) is 2. The van der Waals surface area contributed by atoms with Gasteiger partial charge in [-0.3, -0.25) is 19.5 Å². The number of nitrogens with zero attached hydrogens (tertiary/aromatic N) is 3. The fraction of sp³-hybridized carbons (Fsp3) is 0.0435. The molecule has 2 heterocycles. The molecular formula is C23H15N3O5. The summed E-state index contributed by atoms with van der Waals surface area (Å²) in [6.45, 7) is 0.173. The molecule has 1 aromatic heterocycles. The van der Waals surface area contributed by atoms with Gasteiger partial charge in [-0.25, -0.2) is 4.98 Å². The van der Waals surface area contributed by atoms with Crippen LogP contribution in [0.4, 0.5) is 5.69 Å². The number of para-hydroxylation sites is 3. The first kappa shape index (κ1) is 18.6. The number of hydrogen-bond donors (Lipinski definition) is 0. The fourth-order valence-corrected chi connectivity index (χ4v) is 3.49. The predicted octanol–water partition coefficient (Wildman–Crippen LogP) is 4.19. The summed E-state index contributed by atoms with van der Waals surface area (Å²) in [6.07, 6.45) is 3.42. The van der Waals surface area contributed by atoms with Crippen molar-refractivity contribution in [2.75, 3.05) is 6.79 Å². The van der Waals surface area contributed by atoms with Crippen molar-refractivity contribution < 1.29 is 14.4 Å². The molecule has 152 valence electrons. The molecule has 0 N–H and O–H groups in total. The first-order valence-corrected chi connectivity index (χ1v) is 9.45. The fourth-order valence-electron chi connectivity index (χ4n) is 3.49. The zero-order chi connectivity index (χ0) is 21.4. The van der Waals surface area contributed by atoms with E-state index in [4.69, 9.17) is 9.47 Å². The smallest absolute Gasteiger partial charge is 0.293 e. The number of fused-ring (bicyclic) bond motifs is 2. The van der Waals surface area contributed by atoms with Crippen molar-refractivity contribution in [2.45, 2.75) is 0 Å². The maximum Gasteiger partial charge on any atom is 0.293 e. The van der Waals surface area contributed by atoms with Gasteiger partial charge in [0.15, 0.2) is 11.5 Å². The first-order chi connectivity index (χ1) is 15.1. The summed E-state index contributed by atoms with van der Waals surface area (Å²) < 4.78 is 12.0. The first-order valence-electron chi connectivity index (χ1n) is 9.45. The topological polar surface area (TPSA) is 96.5 Å². The van der Waals surface area contributed by atoms with Crippen LogP contribution in [0.2, 0.25) is 0 Å². The van der Waals surface area contributed by atoms with Gasteiger partial charge in [0.05, 0.1) is 15.8 Å². The summed E-state index contributed by atoms with van der Waals surface area (Å²) in [5.41, 5.74) is 0.902. The zero-order valence-corrected chi connectivity index (χ0v) is 16.1. The van der Waals surface area contributed by atoms with Crippen LogP contribution in [-0.4, -0.2) is 21.3 Å². The van der Waals surface area contributed by atoms with Crippen LogP contribution in [-0.2, 0) is 0 Å². The van der Waals surface area contributed by atoms with Gasteiger partial charge in [-0.05, 0) is 42.0 Å². The molecule has 0 unspecified atom stereocenters. The minimum absolute atomic E-state index is 0.154. The van der Waals surface area contributed by atoms with Crippen molar-refractivity contribution in [3.63, 3.8) is 0 Å². The molecule has 0 atom stereocenters. The van der Waals surface area contributed by atoms with E-state index in [9.17, 15) is 14.9 Å². The van der Waals surface area contributed by atoms with E-state index in [-0.39, 0.29) is 29.6 Å². The van der Waals surface area contributed by atoms with Crippen LogP contribution in [0.25, 0.3) is 28.7 Å². The summed E-state index contributed by atoms with van der Waals surface area (Å²) in [5.74, 6) is 1.57. The Morgan fingerprint density at radius 3 is 2.61 bits per heavy atom. The molecule has 0 spiro atoms. The van der Waals surface area contributed by atoms with E-state index in [1.165, 1.54) is 16.7 Å². The van der Waals surface area contributed by atoms with E-state index < -0.39 is 4.92 Å². The second kappa shape index (κ2) is 7.42. The summed E-state index contributed by atoms with van der Waals surface area (Å²) in [4.78, 5) is 29.0. The second-order valence-electron chi connectivity index (χ2n) is 6.82. The molecule has 31 heavy (non-hydrogen) atoms. The average Bonchev–Trinajstić information content (AvgIpc) is 3.26. The third-order valence-electron chi connectivity index (χ3n) is 4.94.